The predicted octanol–water partition coefficient (Wildman–Crippen LogP) is 2.28. The van der Waals surface area contributed by atoms with Crippen molar-refractivity contribution in [3.63, 3.8) is 0 Å². The van der Waals surface area contributed by atoms with Crippen molar-refractivity contribution in [3.05, 3.63) is 53.6 Å². The lowest BCUT2D eigenvalue weighted by Crippen LogP contribution is -2.37. The van der Waals surface area contributed by atoms with Crippen LogP contribution in [0.25, 0.3) is 0 Å². The molecule has 0 saturated carbocycles. The fourth-order valence-corrected chi connectivity index (χ4v) is 3.23. The van der Waals surface area contributed by atoms with Gasteiger partial charge < -0.3 is 10.1 Å². The minimum absolute atomic E-state index is 0.288. The van der Waals surface area contributed by atoms with Crippen LogP contribution in [0, 0.1) is 18.3 Å². The number of anilines is 2. The van der Waals surface area contributed by atoms with Crippen LogP contribution in [0.5, 0.6) is 5.75 Å². The van der Waals surface area contributed by atoms with Gasteiger partial charge in [-0.25, -0.2) is 8.42 Å². The highest BCUT2D eigenvalue weighted by Crippen LogP contribution is 2.30. The highest BCUT2D eigenvalue weighted by atomic mass is 32.2. The molecule has 1 amide bonds. The van der Waals surface area contributed by atoms with E-state index in [4.69, 9.17) is 10.00 Å². The van der Waals surface area contributed by atoms with Gasteiger partial charge in [0.2, 0.25) is 15.9 Å². The summed E-state index contributed by atoms with van der Waals surface area (Å²) >= 11 is 0. The highest BCUT2D eigenvalue weighted by molar-refractivity contribution is 7.92. The molecule has 136 valence electrons. The summed E-state index contributed by atoms with van der Waals surface area (Å²) in [5, 5.41) is 11.5. The number of nitrogens with one attached hydrogen (secondary N) is 1. The second-order valence-electron chi connectivity index (χ2n) is 5.69. The average molecular weight is 373 g/mol. The van der Waals surface area contributed by atoms with Crippen molar-refractivity contribution in [1.82, 2.24) is 0 Å². The van der Waals surface area contributed by atoms with E-state index < -0.39 is 22.5 Å². The van der Waals surface area contributed by atoms with E-state index in [9.17, 15) is 13.2 Å². The lowest BCUT2D eigenvalue weighted by Gasteiger charge is -2.24. The predicted molar refractivity (Wildman–Crippen MR) is 99.7 cm³/mol. The van der Waals surface area contributed by atoms with Gasteiger partial charge in [-0.2, -0.15) is 5.26 Å². The maximum absolute atomic E-state index is 12.4. The third-order valence-corrected chi connectivity index (χ3v) is 4.69. The number of amides is 1. The maximum Gasteiger partial charge on any atom is 0.245 e. The second kappa shape index (κ2) is 7.89. The Hall–Kier alpha value is -3.05. The fraction of sp³-hybridized carbons (Fsp3) is 0.222. The van der Waals surface area contributed by atoms with Gasteiger partial charge in [-0.3, -0.25) is 9.10 Å². The molecule has 0 aromatic heterocycles. The zero-order chi connectivity index (χ0) is 19.3. The monoisotopic (exact) mass is 373 g/mol. The van der Waals surface area contributed by atoms with Crippen molar-refractivity contribution in [3.8, 4) is 11.8 Å². The van der Waals surface area contributed by atoms with E-state index in [-0.39, 0.29) is 5.69 Å². The third kappa shape index (κ3) is 4.74. The molecule has 0 saturated heterocycles. The van der Waals surface area contributed by atoms with Gasteiger partial charge in [-0.15, -0.1) is 0 Å². The quantitative estimate of drug-likeness (QED) is 0.837. The molecule has 2 aromatic rings. The van der Waals surface area contributed by atoms with Crippen molar-refractivity contribution in [2.45, 2.75) is 6.92 Å². The molecule has 0 radical (unpaired) electrons. The summed E-state index contributed by atoms with van der Waals surface area (Å²) in [6.45, 7) is 1.40. The summed E-state index contributed by atoms with van der Waals surface area (Å²) in [6, 6.07) is 13.4. The largest absolute Gasteiger partial charge is 0.495 e. The maximum atomic E-state index is 12.4. The van der Waals surface area contributed by atoms with Crippen molar-refractivity contribution < 1.29 is 17.9 Å². The number of carbonyl (C=O) groups excluding carboxylic acids is 1. The Labute approximate surface area is 152 Å². The first-order valence-corrected chi connectivity index (χ1v) is 9.52. The SMILES string of the molecule is COc1ccc(C)cc1N(CC(=O)Nc1cccc(C#N)c1)S(C)(=O)=O. The molecular formula is C18H19N3O4S. The second-order valence-corrected chi connectivity index (χ2v) is 7.59. The minimum Gasteiger partial charge on any atom is -0.495 e. The smallest absolute Gasteiger partial charge is 0.245 e. The fourth-order valence-electron chi connectivity index (χ4n) is 2.37. The lowest BCUT2D eigenvalue weighted by atomic mass is 10.2. The number of nitrogens with zero attached hydrogens (tertiary/aromatic N) is 2. The third-order valence-electron chi connectivity index (χ3n) is 3.57. The molecule has 2 aromatic carbocycles. The Morgan fingerprint density at radius 1 is 1.27 bits per heavy atom. The van der Waals surface area contributed by atoms with Crippen molar-refractivity contribution >= 4 is 27.3 Å². The van der Waals surface area contributed by atoms with Crippen molar-refractivity contribution in [2.24, 2.45) is 0 Å². The van der Waals surface area contributed by atoms with Crippen molar-refractivity contribution in [2.75, 3.05) is 29.5 Å². The van der Waals surface area contributed by atoms with Gasteiger partial charge in [-0.1, -0.05) is 12.1 Å². The van der Waals surface area contributed by atoms with Crippen LogP contribution in [0.1, 0.15) is 11.1 Å². The first kappa shape index (κ1) is 19.3. The molecule has 0 fully saturated rings. The number of aryl methyl sites for hydroxylation is 1. The summed E-state index contributed by atoms with van der Waals surface area (Å²) in [5.74, 6) is -0.186. The number of rotatable bonds is 6. The standard InChI is InChI=1S/C18H19N3O4S/c1-13-7-8-17(25-2)16(9-13)21(26(3,23)24)12-18(22)20-15-6-4-5-14(10-15)11-19/h4-10H,12H2,1-3H3,(H,20,22). The van der Waals surface area contributed by atoms with Crippen LogP contribution in [0.2, 0.25) is 0 Å². The Kier molecular flexibility index (Phi) is 5.85. The number of nitriles is 1. The molecular weight excluding hydrogens is 354 g/mol. The molecule has 0 aliphatic heterocycles. The number of benzene rings is 2. The van der Waals surface area contributed by atoms with Crippen LogP contribution in [0.4, 0.5) is 11.4 Å². The highest BCUT2D eigenvalue weighted by Gasteiger charge is 2.24. The Morgan fingerprint density at radius 3 is 2.62 bits per heavy atom. The molecule has 26 heavy (non-hydrogen) atoms. The van der Waals surface area contributed by atoms with Gasteiger partial charge >= 0.3 is 0 Å². The summed E-state index contributed by atoms with van der Waals surface area (Å²) in [4.78, 5) is 12.4. The van der Waals surface area contributed by atoms with Gasteiger partial charge in [-0.05, 0) is 42.8 Å². The zero-order valence-corrected chi connectivity index (χ0v) is 15.5. The van der Waals surface area contributed by atoms with Crippen LogP contribution >= 0.6 is 0 Å². The molecule has 0 bridgehead atoms. The lowest BCUT2D eigenvalue weighted by molar-refractivity contribution is -0.114. The number of ether oxygens (including phenoxy) is 1. The van der Waals surface area contributed by atoms with Gasteiger partial charge in [0.05, 0.1) is 30.7 Å². The number of carbonyl (C=O) groups is 1. The normalized spacial score (nSPS) is 10.7. The molecule has 0 unspecified atom stereocenters. The summed E-state index contributed by atoms with van der Waals surface area (Å²) in [5.41, 5.74) is 1.93. The topological polar surface area (TPSA) is 99.5 Å². The Morgan fingerprint density at radius 2 is 2.00 bits per heavy atom. The van der Waals surface area contributed by atoms with Gasteiger partial charge in [0.25, 0.3) is 0 Å². The van der Waals surface area contributed by atoms with E-state index in [1.807, 2.05) is 13.0 Å². The van der Waals surface area contributed by atoms with E-state index in [0.29, 0.717) is 17.0 Å². The van der Waals surface area contributed by atoms with Crippen LogP contribution in [-0.4, -0.2) is 34.2 Å². The Bertz CT molecular complexity index is 965. The van der Waals surface area contributed by atoms with Gasteiger partial charge in [0, 0.05) is 5.69 Å². The average Bonchev–Trinajstić information content (AvgIpc) is 2.59. The first-order chi connectivity index (χ1) is 12.2. The van der Waals surface area contributed by atoms with Crippen LogP contribution in [-0.2, 0) is 14.8 Å². The molecule has 0 atom stereocenters. The first-order valence-electron chi connectivity index (χ1n) is 7.67. The Balaban J connectivity index is 2.31. The molecule has 8 heteroatoms. The molecule has 7 nitrogen and oxygen atoms in total. The number of sulfonamides is 1. The minimum atomic E-state index is -3.73. The van der Waals surface area contributed by atoms with Gasteiger partial charge in [0.1, 0.15) is 12.3 Å². The molecule has 0 aliphatic rings. The van der Waals surface area contributed by atoms with Crippen LogP contribution < -0.4 is 14.4 Å². The van der Waals surface area contributed by atoms with Crippen LogP contribution in [0.3, 0.4) is 0 Å². The zero-order valence-electron chi connectivity index (χ0n) is 14.7. The molecule has 2 rings (SSSR count). The summed E-state index contributed by atoms with van der Waals surface area (Å²) in [6.07, 6.45) is 1.03. The number of hydrogen-bond donors (Lipinski definition) is 1. The molecule has 0 heterocycles. The van der Waals surface area contributed by atoms with Gasteiger partial charge in [0.15, 0.2) is 0 Å². The van der Waals surface area contributed by atoms with E-state index in [0.717, 1.165) is 16.1 Å². The van der Waals surface area contributed by atoms with E-state index in [1.54, 1.807) is 36.4 Å². The van der Waals surface area contributed by atoms with Crippen LogP contribution in [0.15, 0.2) is 42.5 Å². The van der Waals surface area contributed by atoms with E-state index in [2.05, 4.69) is 5.32 Å². The van der Waals surface area contributed by atoms with E-state index >= 15 is 0 Å². The molecule has 1 N–H and O–H groups in total. The van der Waals surface area contributed by atoms with E-state index in [1.165, 1.54) is 13.2 Å². The molecule has 0 aliphatic carbocycles. The summed E-state index contributed by atoms with van der Waals surface area (Å²) in [7, 11) is -2.29. The summed E-state index contributed by atoms with van der Waals surface area (Å²) < 4.78 is 30.7. The van der Waals surface area contributed by atoms with Crippen molar-refractivity contribution in [1.29, 1.82) is 5.26 Å². The number of methoxy groups -OCH3 is 1. The number of hydrogen-bond acceptors (Lipinski definition) is 5. The molecule has 0 spiro atoms.